The van der Waals surface area contributed by atoms with E-state index >= 15 is 0 Å². The summed E-state index contributed by atoms with van der Waals surface area (Å²) in [7, 11) is -4.53. The predicted octanol–water partition coefficient (Wildman–Crippen LogP) is 16.3. The largest absolute Gasteiger partial charge is 0.472 e. The highest BCUT2D eigenvalue weighted by molar-refractivity contribution is 7.47. The first-order chi connectivity index (χ1) is 32.3. The van der Waals surface area contributed by atoms with Crippen LogP contribution in [0, 0.1) is 0 Å². The van der Waals surface area contributed by atoms with E-state index in [1.54, 1.807) is 0 Å². The van der Waals surface area contributed by atoms with Crippen molar-refractivity contribution in [2.45, 2.75) is 257 Å². The Bertz CT molecular complexity index is 1220. The second kappa shape index (κ2) is 52.5. The standard InChI is InChI=1S/C56H103O9P/c1-3-5-7-9-11-13-15-17-19-21-23-25-27-28-30-32-34-36-38-40-42-44-46-48-56(59)65-55(53-64-66(60,61)63-51-54(58)50-57)52-62-49-47-45-43-41-39-37-35-33-31-29-26-24-22-20-18-16-14-12-10-8-6-4-2/h5,7,11,13,17,19,23,25,28,30,54-55,57-58H,3-4,6,8-10,12,14-16,18,20-22,24,26-27,29,31-53H2,1-2H3,(H,60,61)/b7-5-,13-11-,19-17-,25-23-,30-28-. The van der Waals surface area contributed by atoms with Crippen LogP contribution in [0.25, 0.3) is 0 Å². The lowest BCUT2D eigenvalue weighted by Crippen LogP contribution is -2.29. The van der Waals surface area contributed by atoms with Gasteiger partial charge in [-0.3, -0.25) is 13.8 Å². The molecule has 0 heterocycles. The van der Waals surface area contributed by atoms with Crippen molar-refractivity contribution in [1.29, 1.82) is 0 Å². The molecule has 0 aromatic rings. The zero-order valence-corrected chi connectivity index (χ0v) is 43.6. The summed E-state index contributed by atoms with van der Waals surface area (Å²) in [5, 5.41) is 18.4. The molecule has 0 spiro atoms. The molecule has 3 N–H and O–H groups in total. The van der Waals surface area contributed by atoms with Gasteiger partial charge in [0.15, 0.2) is 0 Å². The topological polar surface area (TPSA) is 132 Å². The van der Waals surface area contributed by atoms with Gasteiger partial charge in [-0.15, -0.1) is 0 Å². The van der Waals surface area contributed by atoms with Crippen molar-refractivity contribution in [2.75, 3.05) is 33.0 Å². The molecule has 0 fully saturated rings. The van der Waals surface area contributed by atoms with Gasteiger partial charge in [-0.05, 0) is 57.8 Å². The molecule has 0 rings (SSSR count). The molecule has 386 valence electrons. The van der Waals surface area contributed by atoms with Crippen LogP contribution < -0.4 is 0 Å². The van der Waals surface area contributed by atoms with Crippen LogP contribution in [0.15, 0.2) is 60.8 Å². The van der Waals surface area contributed by atoms with Crippen molar-refractivity contribution >= 4 is 13.8 Å². The van der Waals surface area contributed by atoms with E-state index in [2.05, 4.69) is 74.6 Å². The molecule has 0 radical (unpaired) electrons. The Labute approximate surface area is 406 Å². The highest BCUT2D eigenvalue weighted by atomic mass is 31.2. The first kappa shape index (κ1) is 64.2. The van der Waals surface area contributed by atoms with Gasteiger partial charge in [-0.1, -0.05) is 242 Å². The summed E-state index contributed by atoms with van der Waals surface area (Å²) in [5.41, 5.74) is 0. The van der Waals surface area contributed by atoms with Crippen LogP contribution in [0.4, 0.5) is 0 Å². The number of esters is 1. The van der Waals surface area contributed by atoms with Crippen LogP contribution in [0.1, 0.15) is 245 Å². The Morgan fingerprint density at radius 1 is 0.485 bits per heavy atom. The summed E-state index contributed by atoms with van der Waals surface area (Å²) in [4.78, 5) is 22.7. The van der Waals surface area contributed by atoms with E-state index in [1.807, 2.05) is 0 Å². The Morgan fingerprint density at radius 3 is 1.30 bits per heavy atom. The second-order valence-electron chi connectivity index (χ2n) is 18.2. The van der Waals surface area contributed by atoms with Gasteiger partial charge in [0.1, 0.15) is 12.2 Å². The highest BCUT2D eigenvalue weighted by Crippen LogP contribution is 2.43. The average Bonchev–Trinajstić information content (AvgIpc) is 3.31. The minimum absolute atomic E-state index is 0.0455. The van der Waals surface area contributed by atoms with Gasteiger partial charge >= 0.3 is 13.8 Å². The minimum atomic E-state index is -4.53. The third kappa shape index (κ3) is 51.5. The van der Waals surface area contributed by atoms with Crippen molar-refractivity contribution in [3.05, 3.63) is 60.8 Å². The lowest BCUT2D eigenvalue weighted by molar-refractivity contribution is -0.154. The number of unbranched alkanes of at least 4 members (excludes halogenated alkanes) is 28. The Balaban J connectivity index is 4.06. The molecular weight excluding hydrogens is 848 g/mol. The molecule has 66 heavy (non-hydrogen) atoms. The maximum absolute atomic E-state index is 12.7. The quantitative estimate of drug-likeness (QED) is 0.0236. The van der Waals surface area contributed by atoms with Crippen LogP contribution in [-0.4, -0.2) is 66.3 Å². The molecule has 0 aromatic heterocycles. The van der Waals surface area contributed by atoms with Gasteiger partial charge in [0.05, 0.1) is 26.4 Å². The van der Waals surface area contributed by atoms with E-state index in [0.29, 0.717) is 13.0 Å². The lowest BCUT2D eigenvalue weighted by atomic mass is 10.0. The highest BCUT2D eigenvalue weighted by Gasteiger charge is 2.26. The van der Waals surface area contributed by atoms with Crippen LogP contribution in [0.3, 0.4) is 0 Å². The molecule has 0 saturated carbocycles. The van der Waals surface area contributed by atoms with Crippen molar-refractivity contribution in [2.24, 2.45) is 0 Å². The first-order valence-corrected chi connectivity index (χ1v) is 28.8. The molecule has 3 unspecified atom stereocenters. The third-order valence-electron chi connectivity index (χ3n) is 11.7. The smallest absolute Gasteiger partial charge is 0.457 e. The molecule has 0 amide bonds. The minimum Gasteiger partial charge on any atom is -0.457 e. The molecule has 10 heteroatoms. The molecule has 0 aliphatic carbocycles. The van der Waals surface area contributed by atoms with Gasteiger partial charge in [-0.25, -0.2) is 4.57 Å². The van der Waals surface area contributed by atoms with Gasteiger partial charge in [-0.2, -0.15) is 0 Å². The summed E-state index contributed by atoms with van der Waals surface area (Å²) < 4.78 is 33.6. The lowest BCUT2D eigenvalue weighted by Gasteiger charge is -2.20. The van der Waals surface area contributed by atoms with E-state index in [1.165, 1.54) is 148 Å². The number of phosphoric acid groups is 1. The van der Waals surface area contributed by atoms with Crippen LogP contribution >= 0.6 is 7.82 Å². The van der Waals surface area contributed by atoms with E-state index in [4.69, 9.17) is 23.6 Å². The molecule has 3 atom stereocenters. The Kier molecular flexibility index (Phi) is 51.1. The number of allylic oxidation sites excluding steroid dienone is 10. The van der Waals surface area contributed by atoms with Crippen molar-refractivity contribution in [1.82, 2.24) is 0 Å². The van der Waals surface area contributed by atoms with Crippen molar-refractivity contribution in [3.8, 4) is 0 Å². The number of aliphatic hydroxyl groups excluding tert-OH is 2. The van der Waals surface area contributed by atoms with Crippen LogP contribution in [0.5, 0.6) is 0 Å². The molecule has 9 nitrogen and oxygen atoms in total. The summed E-state index contributed by atoms with van der Waals surface area (Å²) in [6.45, 7) is 3.43. The molecule has 0 aliphatic rings. The summed E-state index contributed by atoms with van der Waals surface area (Å²) in [6, 6.07) is 0. The van der Waals surface area contributed by atoms with E-state index in [-0.39, 0.29) is 19.6 Å². The number of hydrogen-bond donors (Lipinski definition) is 3. The monoisotopic (exact) mass is 951 g/mol. The van der Waals surface area contributed by atoms with Gasteiger partial charge < -0.3 is 24.6 Å². The number of aliphatic hydroxyl groups is 2. The second-order valence-corrected chi connectivity index (χ2v) is 19.7. The van der Waals surface area contributed by atoms with E-state index < -0.39 is 39.2 Å². The average molecular weight is 951 g/mol. The zero-order chi connectivity index (χ0) is 48.1. The summed E-state index contributed by atoms with van der Waals surface area (Å²) in [6.07, 6.45) is 63.4. The van der Waals surface area contributed by atoms with E-state index in [0.717, 1.165) is 70.6 Å². The van der Waals surface area contributed by atoms with Crippen LogP contribution in [0.2, 0.25) is 0 Å². The molecule has 0 aliphatic heterocycles. The molecule has 0 aromatic carbocycles. The number of rotatable bonds is 52. The van der Waals surface area contributed by atoms with Crippen LogP contribution in [-0.2, 0) is 27.9 Å². The zero-order valence-electron chi connectivity index (χ0n) is 42.7. The summed E-state index contributed by atoms with van der Waals surface area (Å²) >= 11 is 0. The Hall–Kier alpha value is -1.84. The third-order valence-corrected chi connectivity index (χ3v) is 12.7. The molecule has 0 saturated heterocycles. The summed E-state index contributed by atoms with van der Waals surface area (Å²) in [5.74, 6) is -0.391. The normalized spacial score (nSPS) is 14.2. The predicted molar refractivity (Wildman–Crippen MR) is 279 cm³/mol. The fraction of sp³-hybridized carbons (Fsp3) is 0.804. The maximum atomic E-state index is 12.7. The molecular formula is C56H103O9P. The molecule has 0 bridgehead atoms. The van der Waals surface area contributed by atoms with Crippen molar-refractivity contribution in [3.63, 3.8) is 0 Å². The Morgan fingerprint density at radius 2 is 0.864 bits per heavy atom. The first-order valence-electron chi connectivity index (χ1n) is 27.3. The SMILES string of the molecule is CC/C=C\C/C=C\C/C=C\C/C=C\C/C=C\CCCCCCCCCC(=O)OC(COCCCCCCCCCCCCCCCCCCCCCCCC)COP(=O)(O)OCC(O)CO. The fourth-order valence-corrected chi connectivity index (χ4v) is 8.41. The maximum Gasteiger partial charge on any atom is 0.472 e. The van der Waals surface area contributed by atoms with E-state index in [9.17, 15) is 19.4 Å². The number of hydrogen-bond acceptors (Lipinski definition) is 8. The fourth-order valence-electron chi connectivity index (χ4n) is 7.62. The number of ether oxygens (including phenoxy) is 2. The van der Waals surface area contributed by atoms with Gasteiger partial charge in [0.25, 0.3) is 0 Å². The van der Waals surface area contributed by atoms with Gasteiger partial charge in [0.2, 0.25) is 0 Å². The number of carbonyl (C=O) groups is 1. The number of phosphoric ester groups is 1. The van der Waals surface area contributed by atoms with Gasteiger partial charge in [0, 0.05) is 13.0 Å². The van der Waals surface area contributed by atoms with Crippen molar-refractivity contribution < 1.29 is 43.0 Å². The number of carbonyl (C=O) groups excluding carboxylic acids is 1.